The van der Waals surface area contributed by atoms with E-state index in [0.29, 0.717) is 5.56 Å². The molecule has 0 aliphatic heterocycles. The maximum atomic E-state index is 8.31. The zero-order chi connectivity index (χ0) is 32.9. The van der Waals surface area contributed by atoms with Gasteiger partial charge in [0, 0.05) is 48.6 Å². The van der Waals surface area contributed by atoms with E-state index in [1.54, 1.807) is 23.5 Å². The van der Waals surface area contributed by atoms with Crippen molar-refractivity contribution in [2.45, 2.75) is 0 Å². The van der Waals surface area contributed by atoms with E-state index < -0.39 is 6.04 Å². The number of hydrogen-bond donors (Lipinski definition) is 1. The summed E-state index contributed by atoms with van der Waals surface area (Å²) < 4.78 is 43.0. The van der Waals surface area contributed by atoms with Crippen molar-refractivity contribution < 1.29 is 6.85 Å². The van der Waals surface area contributed by atoms with Gasteiger partial charge in [-0.3, -0.25) is 0 Å². The van der Waals surface area contributed by atoms with Crippen LogP contribution >= 0.6 is 11.3 Å². The average Bonchev–Trinajstić information content (AvgIpc) is 3.48. The molecule has 0 spiro atoms. The lowest BCUT2D eigenvalue weighted by Gasteiger charge is -2.26. The van der Waals surface area contributed by atoms with Gasteiger partial charge < -0.3 is 10.2 Å². The minimum absolute atomic E-state index is 0.197. The van der Waals surface area contributed by atoms with Crippen molar-refractivity contribution in [1.82, 2.24) is 0 Å². The van der Waals surface area contributed by atoms with Gasteiger partial charge in [-0.15, -0.1) is 11.3 Å². The molecular formula is C40H28N2S. The molecule has 1 N–H and O–H groups in total. The third-order valence-corrected chi connectivity index (χ3v) is 8.83. The van der Waals surface area contributed by atoms with E-state index >= 15 is 0 Å². The Morgan fingerprint density at radius 3 is 1.95 bits per heavy atom. The first-order valence-electron chi connectivity index (χ1n) is 16.6. The highest BCUT2D eigenvalue weighted by Gasteiger charge is 2.15. The SMILES string of the molecule is [2H]c1c([2H])c([2H])c(-c2ccc(Nc3ccc4sc5ccc(N(c6ccccc6)c6ccc7ccccc7c6)cc5c4c3)cc2)c([2H])c1[2H]. The van der Waals surface area contributed by atoms with Crippen molar-refractivity contribution in [3.63, 3.8) is 0 Å². The van der Waals surface area contributed by atoms with Crippen molar-refractivity contribution >= 4 is 70.7 Å². The Morgan fingerprint density at radius 2 is 1.14 bits per heavy atom. The number of nitrogens with zero attached hydrogens (tertiary/aromatic N) is 1. The molecule has 8 rings (SSSR count). The number of nitrogens with one attached hydrogen (secondary N) is 1. The predicted octanol–water partition coefficient (Wildman–Crippen LogP) is 12.1. The molecule has 3 heteroatoms. The fourth-order valence-electron chi connectivity index (χ4n) is 5.60. The van der Waals surface area contributed by atoms with E-state index in [4.69, 9.17) is 6.85 Å². The van der Waals surface area contributed by atoms with Crippen molar-refractivity contribution in [2.75, 3.05) is 10.2 Å². The van der Waals surface area contributed by atoms with Gasteiger partial charge in [-0.05, 0) is 94.7 Å². The van der Waals surface area contributed by atoms with Crippen LogP contribution in [0.3, 0.4) is 0 Å². The van der Waals surface area contributed by atoms with E-state index in [1.807, 2.05) is 18.2 Å². The Labute approximate surface area is 262 Å². The van der Waals surface area contributed by atoms with E-state index in [0.717, 1.165) is 33.8 Å². The van der Waals surface area contributed by atoms with Crippen LogP contribution in [-0.2, 0) is 0 Å². The molecular weight excluding hydrogens is 541 g/mol. The molecule has 0 bridgehead atoms. The fourth-order valence-corrected chi connectivity index (χ4v) is 6.67. The summed E-state index contributed by atoms with van der Waals surface area (Å²) in [6, 6.07) is 44.3. The zero-order valence-electron chi connectivity index (χ0n) is 28.1. The van der Waals surface area contributed by atoms with Crippen LogP contribution in [0.4, 0.5) is 28.4 Å². The Balaban J connectivity index is 1.16. The van der Waals surface area contributed by atoms with Crippen LogP contribution in [0.1, 0.15) is 6.85 Å². The number of anilines is 5. The van der Waals surface area contributed by atoms with E-state index in [1.165, 1.54) is 25.6 Å². The van der Waals surface area contributed by atoms with Crippen LogP contribution in [0, 0.1) is 0 Å². The first-order chi connectivity index (χ1) is 23.4. The summed E-state index contributed by atoms with van der Waals surface area (Å²) in [4.78, 5) is 2.30. The fraction of sp³-hybridized carbons (Fsp3) is 0. The molecule has 2 nitrogen and oxygen atoms in total. The highest BCUT2D eigenvalue weighted by Crippen LogP contribution is 2.42. The van der Waals surface area contributed by atoms with Crippen LogP contribution < -0.4 is 10.2 Å². The van der Waals surface area contributed by atoms with Crippen LogP contribution in [0.2, 0.25) is 0 Å². The third-order valence-electron chi connectivity index (χ3n) is 7.68. The van der Waals surface area contributed by atoms with Crippen LogP contribution in [0.25, 0.3) is 42.1 Å². The van der Waals surface area contributed by atoms with Gasteiger partial charge in [-0.2, -0.15) is 0 Å². The number of benzene rings is 7. The van der Waals surface area contributed by atoms with Crippen molar-refractivity contribution in [3.05, 3.63) is 164 Å². The maximum Gasteiger partial charge on any atom is 0.0629 e. The number of thiophene rings is 1. The molecule has 7 aromatic carbocycles. The van der Waals surface area contributed by atoms with Gasteiger partial charge in [-0.25, -0.2) is 0 Å². The van der Waals surface area contributed by atoms with Gasteiger partial charge in [0.15, 0.2) is 0 Å². The second kappa shape index (κ2) is 10.8. The smallest absolute Gasteiger partial charge is 0.0629 e. The largest absolute Gasteiger partial charge is 0.356 e. The van der Waals surface area contributed by atoms with Gasteiger partial charge in [0.25, 0.3) is 0 Å². The summed E-state index contributed by atoms with van der Waals surface area (Å²) >= 11 is 1.77. The molecule has 0 saturated heterocycles. The third kappa shape index (κ3) is 4.90. The minimum Gasteiger partial charge on any atom is -0.356 e. The lowest BCUT2D eigenvalue weighted by Crippen LogP contribution is -2.09. The molecule has 0 amide bonds. The minimum atomic E-state index is -0.392. The highest BCUT2D eigenvalue weighted by molar-refractivity contribution is 7.25. The second-order valence-corrected chi connectivity index (χ2v) is 11.5. The number of hydrogen-bond acceptors (Lipinski definition) is 3. The van der Waals surface area contributed by atoms with Gasteiger partial charge in [-0.1, -0.05) is 90.9 Å². The molecule has 1 aromatic heterocycles. The Hall–Kier alpha value is -5.38. The van der Waals surface area contributed by atoms with Gasteiger partial charge in [0.1, 0.15) is 0 Å². The number of rotatable bonds is 6. The van der Waals surface area contributed by atoms with E-state index in [9.17, 15) is 0 Å². The first kappa shape index (κ1) is 20.5. The first-order valence-corrected chi connectivity index (χ1v) is 14.9. The van der Waals surface area contributed by atoms with Crippen molar-refractivity contribution in [3.8, 4) is 11.1 Å². The normalized spacial score (nSPS) is 12.9. The zero-order valence-corrected chi connectivity index (χ0v) is 23.9. The number of fused-ring (bicyclic) bond motifs is 4. The van der Waals surface area contributed by atoms with Gasteiger partial charge in [0.2, 0.25) is 0 Å². The lowest BCUT2D eigenvalue weighted by atomic mass is 10.1. The monoisotopic (exact) mass is 573 g/mol. The topological polar surface area (TPSA) is 15.3 Å². The molecule has 8 aromatic rings. The summed E-state index contributed by atoms with van der Waals surface area (Å²) in [6.45, 7) is 0. The van der Waals surface area contributed by atoms with Gasteiger partial charge in [0.05, 0.1) is 6.85 Å². The summed E-state index contributed by atoms with van der Waals surface area (Å²) in [6.07, 6.45) is 0. The quantitative estimate of drug-likeness (QED) is 0.213. The number of para-hydroxylation sites is 1. The molecule has 0 saturated carbocycles. The maximum absolute atomic E-state index is 8.31. The summed E-state index contributed by atoms with van der Waals surface area (Å²) in [5, 5.41) is 8.22. The second-order valence-electron chi connectivity index (χ2n) is 10.4. The van der Waals surface area contributed by atoms with Gasteiger partial charge >= 0.3 is 0 Å². The lowest BCUT2D eigenvalue weighted by molar-refractivity contribution is 1.30. The molecule has 0 radical (unpaired) electrons. The predicted molar refractivity (Wildman–Crippen MR) is 187 cm³/mol. The Bertz CT molecular complexity index is 2460. The Morgan fingerprint density at radius 1 is 0.488 bits per heavy atom. The molecule has 0 fully saturated rings. The van der Waals surface area contributed by atoms with Crippen molar-refractivity contribution in [2.24, 2.45) is 0 Å². The molecule has 204 valence electrons. The molecule has 1 heterocycles. The molecule has 0 atom stereocenters. The average molecular weight is 574 g/mol. The van der Waals surface area contributed by atoms with Crippen LogP contribution in [-0.4, -0.2) is 0 Å². The summed E-state index contributed by atoms with van der Waals surface area (Å²) in [7, 11) is 0. The standard InChI is InChI=1S/C40H28N2S/c1-3-9-28(10-4-1)30-15-18-32(19-16-30)41-33-20-23-39-37(26-33)38-27-36(22-24-40(38)43-39)42(34-13-5-2-6-14-34)35-21-17-29-11-7-8-12-31(29)25-35/h1-27,41H/i1D,3D,4D,9D,10D. The van der Waals surface area contributed by atoms with Crippen LogP contribution in [0.15, 0.2) is 164 Å². The highest BCUT2D eigenvalue weighted by atomic mass is 32.1. The van der Waals surface area contributed by atoms with E-state index in [2.05, 4.69) is 113 Å². The Kier molecular flexibility index (Phi) is 5.14. The molecule has 0 unspecified atom stereocenters. The molecule has 43 heavy (non-hydrogen) atoms. The summed E-state index contributed by atoms with van der Waals surface area (Å²) in [5.74, 6) is 0. The summed E-state index contributed by atoms with van der Waals surface area (Å²) in [5.41, 5.74) is 5.77. The molecule has 0 aliphatic rings. The van der Waals surface area contributed by atoms with E-state index in [-0.39, 0.29) is 29.7 Å². The molecule has 0 aliphatic carbocycles. The van der Waals surface area contributed by atoms with Crippen LogP contribution in [0.5, 0.6) is 0 Å². The van der Waals surface area contributed by atoms with Crippen molar-refractivity contribution in [1.29, 1.82) is 0 Å².